The number of carbonyl (C=O) groups is 1. The maximum atomic E-state index is 18.2. The lowest BCUT2D eigenvalue weighted by Gasteiger charge is -2.31. The fraction of sp³-hybridized carbons (Fsp3) is 0.415. The maximum absolute atomic E-state index is 18.2. The number of alkyl halides is 5. The SMILES string of the molecule is COc1ccc(CN(Cc2ccc(OC)cc2)c2cc(C)c(C(F)(F)F)c(-c3c(Cl)c4c5c(nc(OC[C@@H]6C[C@@]7(CN6C)CC7(F)F)nc5c3F)N([C@H](C)c3cccnc3NC(=O)OC(C)(C)C)CCO4)n2)cc1. The molecule has 0 bridgehead atoms. The summed E-state index contributed by atoms with van der Waals surface area (Å²) in [6, 6.07) is 17.4. The minimum Gasteiger partial charge on any atom is -0.497 e. The molecule has 1 amide bonds. The highest BCUT2D eigenvalue weighted by Crippen LogP contribution is 2.66. The van der Waals surface area contributed by atoms with Crippen LogP contribution < -0.4 is 34.1 Å². The van der Waals surface area contributed by atoms with Crippen molar-refractivity contribution in [1.29, 1.82) is 0 Å². The van der Waals surface area contributed by atoms with Crippen molar-refractivity contribution in [3.05, 3.63) is 112 Å². The van der Waals surface area contributed by atoms with E-state index in [4.69, 9.17) is 40.3 Å². The second-order valence-electron chi connectivity index (χ2n) is 20.0. The lowest BCUT2D eigenvalue weighted by molar-refractivity contribution is -0.137. The van der Waals surface area contributed by atoms with E-state index in [1.54, 1.807) is 85.8 Å². The Morgan fingerprint density at radius 2 is 1.62 bits per heavy atom. The van der Waals surface area contributed by atoms with Gasteiger partial charge < -0.3 is 33.5 Å². The van der Waals surface area contributed by atoms with E-state index in [1.165, 1.54) is 33.4 Å². The molecule has 0 unspecified atom stereocenters. The van der Waals surface area contributed by atoms with Gasteiger partial charge in [0.2, 0.25) is 0 Å². The van der Waals surface area contributed by atoms with Crippen molar-refractivity contribution >= 4 is 46.1 Å². The Morgan fingerprint density at radius 1 is 0.986 bits per heavy atom. The van der Waals surface area contributed by atoms with Gasteiger partial charge in [-0.05, 0) is 101 Å². The molecule has 3 atom stereocenters. The summed E-state index contributed by atoms with van der Waals surface area (Å²) in [6.07, 6.45) is -4.49. The molecule has 1 saturated carbocycles. The number of likely N-dealkylation sites (tertiary alicyclic amines) is 1. The number of halogens is 7. The number of aromatic nitrogens is 4. The number of rotatable bonds is 14. The molecular weight excluding hydrogens is 994 g/mol. The Morgan fingerprint density at radius 3 is 2.19 bits per heavy atom. The number of aryl methyl sites for hydroxylation is 1. The third-order valence-electron chi connectivity index (χ3n) is 13.7. The lowest BCUT2D eigenvalue weighted by atomic mass is 9.98. The number of nitrogens with one attached hydrogen (secondary N) is 1. The molecule has 1 saturated heterocycles. The molecule has 1 spiro atoms. The van der Waals surface area contributed by atoms with Crippen molar-refractivity contribution in [2.75, 3.05) is 62.7 Å². The van der Waals surface area contributed by atoms with Gasteiger partial charge in [-0.2, -0.15) is 23.1 Å². The lowest BCUT2D eigenvalue weighted by Crippen LogP contribution is -2.33. The van der Waals surface area contributed by atoms with Gasteiger partial charge in [0.1, 0.15) is 53.3 Å². The molecule has 3 aromatic heterocycles. The van der Waals surface area contributed by atoms with Gasteiger partial charge >= 0.3 is 18.3 Å². The van der Waals surface area contributed by atoms with Crippen LogP contribution in [-0.4, -0.2) is 96.1 Å². The average molecular weight is 1050 g/mol. The topological polar surface area (TPSA) is 137 Å². The molecule has 6 aromatic rings. The Kier molecular flexibility index (Phi) is 13.9. The zero-order valence-electron chi connectivity index (χ0n) is 42.0. The summed E-state index contributed by atoms with van der Waals surface area (Å²) in [5, 5.41) is 2.10. The first-order valence-electron chi connectivity index (χ1n) is 23.9. The molecule has 5 heterocycles. The molecule has 392 valence electrons. The van der Waals surface area contributed by atoms with E-state index in [9.17, 15) is 13.6 Å². The highest BCUT2D eigenvalue weighted by Gasteiger charge is 2.73. The maximum Gasteiger partial charge on any atom is 0.418 e. The Hall–Kier alpha value is -6.80. The van der Waals surface area contributed by atoms with Crippen LogP contribution in [0.15, 0.2) is 72.9 Å². The number of methoxy groups -OCH3 is 2. The molecule has 0 radical (unpaired) electrons. The van der Waals surface area contributed by atoms with Gasteiger partial charge in [-0.1, -0.05) is 41.9 Å². The van der Waals surface area contributed by atoms with Crippen LogP contribution in [-0.2, 0) is 24.0 Å². The number of benzene rings is 3. The van der Waals surface area contributed by atoms with E-state index >= 15 is 17.6 Å². The fourth-order valence-electron chi connectivity index (χ4n) is 9.89. The number of nitrogens with zero attached hydrogens (tertiary/aromatic N) is 7. The minimum atomic E-state index is -5.07. The summed E-state index contributed by atoms with van der Waals surface area (Å²) in [6.45, 7) is 8.34. The van der Waals surface area contributed by atoms with Gasteiger partial charge in [0.05, 0.1) is 59.5 Å². The van der Waals surface area contributed by atoms with Crippen LogP contribution in [0.2, 0.25) is 5.02 Å². The first-order valence-corrected chi connectivity index (χ1v) is 24.3. The largest absolute Gasteiger partial charge is 0.497 e. The quantitative estimate of drug-likeness (QED) is 0.104. The van der Waals surface area contributed by atoms with Gasteiger partial charge in [0.25, 0.3) is 5.92 Å². The average Bonchev–Trinajstić information content (AvgIpc) is 3.80. The van der Waals surface area contributed by atoms with Crippen LogP contribution in [0.1, 0.15) is 74.4 Å². The highest BCUT2D eigenvalue weighted by molar-refractivity contribution is 6.36. The van der Waals surface area contributed by atoms with Gasteiger partial charge in [0, 0.05) is 43.9 Å². The number of anilines is 3. The van der Waals surface area contributed by atoms with Crippen LogP contribution in [0.5, 0.6) is 23.3 Å². The third-order valence-corrected chi connectivity index (χ3v) is 14.1. The van der Waals surface area contributed by atoms with Crippen molar-refractivity contribution in [3.63, 3.8) is 0 Å². The Labute approximate surface area is 428 Å². The van der Waals surface area contributed by atoms with Gasteiger partial charge in [-0.25, -0.2) is 27.9 Å². The van der Waals surface area contributed by atoms with Crippen molar-refractivity contribution in [3.8, 4) is 34.5 Å². The predicted molar refractivity (Wildman–Crippen MR) is 267 cm³/mol. The second kappa shape index (κ2) is 19.8. The van der Waals surface area contributed by atoms with Crippen LogP contribution in [0.3, 0.4) is 0 Å². The van der Waals surface area contributed by atoms with Crippen LogP contribution in [0.4, 0.5) is 48.6 Å². The first-order chi connectivity index (χ1) is 35.0. The number of ether oxygens (including phenoxy) is 5. The van der Waals surface area contributed by atoms with Crippen LogP contribution in [0, 0.1) is 18.2 Å². The summed E-state index contributed by atoms with van der Waals surface area (Å²) >= 11 is 7.21. The number of amides is 1. The van der Waals surface area contributed by atoms with Crippen molar-refractivity contribution in [2.24, 2.45) is 5.41 Å². The zero-order chi connectivity index (χ0) is 53.1. The zero-order valence-corrected chi connectivity index (χ0v) is 42.7. The van der Waals surface area contributed by atoms with Crippen LogP contribution >= 0.6 is 11.6 Å². The van der Waals surface area contributed by atoms with Gasteiger partial charge in [-0.15, -0.1) is 0 Å². The molecule has 14 nitrogen and oxygen atoms in total. The van der Waals surface area contributed by atoms with E-state index in [0.29, 0.717) is 17.1 Å². The normalized spacial score (nSPS) is 18.7. The van der Waals surface area contributed by atoms with Crippen molar-refractivity contribution < 1.29 is 54.8 Å². The fourth-order valence-corrected chi connectivity index (χ4v) is 10.2. The second-order valence-corrected chi connectivity index (χ2v) is 20.4. The predicted octanol–water partition coefficient (Wildman–Crippen LogP) is 11.8. The standard InChI is InChI=1S/C53H55ClF6N8O6/c1-29-22-37(67(24-31-11-15-34(70-7)16-12-31)25-32-13-17-35(71-8)18-14-32)62-43(40(29)53(58,59)60)38-41(54)45-39-44(42(38)55)63-48(73-26-33-23-51(28-66(33)6)27-52(51,56)57)65-47(39)68(20-21-72-45)30(2)36-10-9-19-61-46(36)64-49(69)74-50(3,4)5/h9-19,22,30,33H,20-21,23-28H2,1-8H3,(H,61,64,69)/t30-,33+,51+/m1/s1. The molecule has 1 N–H and O–H groups in total. The Balaban J connectivity index is 1.21. The highest BCUT2D eigenvalue weighted by atomic mass is 35.5. The molecule has 1 aliphatic carbocycles. The van der Waals surface area contributed by atoms with E-state index in [1.807, 2.05) is 24.3 Å². The van der Waals surface area contributed by atoms with Crippen LogP contribution in [0.25, 0.3) is 22.2 Å². The number of pyridine rings is 2. The molecular formula is C53H55ClF6N8O6. The monoisotopic (exact) mass is 1050 g/mol. The smallest absolute Gasteiger partial charge is 0.418 e. The van der Waals surface area contributed by atoms with Gasteiger partial charge in [-0.3, -0.25) is 10.2 Å². The van der Waals surface area contributed by atoms with Crippen molar-refractivity contribution in [1.82, 2.24) is 24.8 Å². The van der Waals surface area contributed by atoms with Crippen molar-refractivity contribution in [2.45, 2.75) is 90.3 Å². The Bertz CT molecular complexity index is 3040. The molecule has 21 heteroatoms. The van der Waals surface area contributed by atoms with E-state index in [-0.39, 0.29) is 92.4 Å². The minimum absolute atomic E-state index is 0.0217. The first kappa shape index (κ1) is 52.1. The third kappa shape index (κ3) is 10.3. The molecule has 3 aromatic carbocycles. The molecule has 74 heavy (non-hydrogen) atoms. The summed E-state index contributed by atoms with van der Waals surface area (Å²) in [5.41, 5.74) is -3.59. The molecule has 2 aliphatic heterocycles. The number of hydrogen-bond donors (Lipinski definition) is 1. The number of hydrogen-bond acceptors (Lipinski definition) is 13. The molecule has 3 aliphatic rings. The number of likely N-dealkylation sites (N-methyl/N-ethyl adjacent to an activating group) is 1. The number of carbonyl (C=O) groups excluding carboxylic acids is 1. The summed E-state index contributed by atoms with van der Waals surface area (Å²) in [7, 11) is 4.78. The summed E-state index contributed by atoms with van der Waals surface area (Å²) in [5.74, 6) is -2.89. The molecule has 2 fully saturated rings. The van der Waals surface area contributed by atoms with Gasteiger partial charge in [0.15, 0.2) is 11.6 Å². The molecule has 9 rings (SSSR count). The van der Waals surface area contributed by atoms with E-state index < -0.39 is 74.5 Å². The summed E-state index contributed by atoms with van der Waals surface area (Å²) in [4.78, 5) is 36.7. The van der Waals surface area contributed by atoms with E-state index in [0.717, 1.165) is 11.1 Å². The van der Waals surface area contributed by atoms with E-state index in [2.05, 4.69) is 20.3 Å². The summed E-state index contributed by atoms with van der Waals surface area (Å²) < 4.78 is 123.